The summed E-state index contributed by atoms with van der Waals surface area (Å²) in [6.45, 7) is 2.33. The molecule has 1 fully saturated rings. The number of hydrogen-bond donors (Lipinski definition) is 1. The standard InChI is InChI=1S/C12H13F2N3/c13-8-1-2-9(10(14)7-8)11-3-4-15-12-16-5-6-17(11)12/h1-2,7,11H,3-6H2,(H,15,16). The quantitative estimate of drug-likeness (QED) is 0.804. The first-order valence-corrected chi connectivity index (χ1v) is 5.75. The van der Waals surface area contributed by atoms with Crippen molar-refractivity contribution in [3.63, 3.8) is 0 Å². The number of nitrogens with zero attached hydrogens (tertiary/aromatic N) is 2. The van der Waals surface area contributed by atoms with Crippen molar-refractivity contribution in [1.29, 1.82) is 0 Å². The topological polar surface area (TPSA) is 27.6 Å². The van der Waals surface area contributed by atoms with Crippen LogP contribution in [-0.4, -0.2) is 30.5 Å². The number of fused-ring (bicyclic) bond motifs is 1. The van der Waals surface area contributed by atoms with Crippen molar-refractivity contribution in [3.8, 4) is 0 Å². The van der Waals surface area contributed by atoms with Crippen LogP contribution in [0.1, 0.15) is 18.0 Å². The van der Waals surface area contributed by atoms with E-state index in [9.17, 15) is 8.78 Å². The molecule has 17 heavy (non-hydrogen) atoms. The van der Waals surface area contributed by atoms with Crippen LogP contribution < -0.4 is 5.32 Å². The van der Waals surface area contributed by atoms with Crippen LogP contribution in [0.5, 0.6) is 0 Å². The van der Waals surface area contributed by atoms with E-state index >= 15 is 0 Å². The Morgan fingerprint density at radius 3 is 3.06 bits per heavy atom. The SMILES string of the molecule is Fc1ccc(C2CCN=C3NCCN32)c(F)c1. The van der Waals surface area contributed by atoms with E-state index in [0.717, 1.165) is 31.5 Å². The van der Waals surface area contributed by atoms with Gasteiger partial charge in [0, 0.05) is 31.3 Å². The van der Waals surface area contributed by atoms with Crippen LogP contribution in [0.25, 0.3) is 0 Å². The second-order valence-electron chi connectivity index (χ2n) is 4.30. The summed E-state index contributed by atoms with van der Waals surface area (Å²) >= 11 is 0. The van der Waals surface area contributed by atoms with Crippen LogP contribution in [0, 0.1) is 11.6 Å². The summed E-state index contributed by atoms with van der Waals surface area (Å²) < 4.78 is 26.7. The number of guanidine groups is 1. The summed E-state index contributed by atoms with van der Waals surface area (Å²) in [6, 6.07) is 3.77. The molecule has 3 rings (SSSR count). The minimum atomic E-state index is -0.532. The van der Waals surface area contributed by atoms with E-state index in [1.54, 1.807) is 0 Å². The molecule has 1 N–H and O–H groups in total. The normalized spacial score (nSPS) is 23.1. The Bertz CT molecular complexity index is 473. The highest BCUT2D eigenvalue weighted by Crippen LogP contribution is 2.30. The van der Waals surface area contributed by atoms with Crippen LogP contribution >= 0.6 is 0 Å². The van der Waals surface area contributed by atoms with E-state index in [0.29, 0.717) is 12.1 Å². The molecule has 2 heterocycles. The fourth-order valence-corrected chi connectivity index (χ4v) is 2.49. The Hall–Kier alpha value is -1.65. The zero-order valence-electron chi connectivity index (χ0n) is 9.29. The van der Waals surface area contributed by atoms with Crippen molar-refractivity contribution in [2.24, 2.45) is 4.99 Å². The molecule has 5 heteroatoms. The van der Waals surface area contributed by atoms with E-state index < -0.39 is 11.6 Å². The Balaban J connectivity index is 1.96. The van der Waals surface area contributed by atoms with Crippen LogP contribution in [0.4, 0.5) is 8.78 Å². The van der Waals surface area contributed by atoms with E-state index in [-0.39, 0.29) is 6.04 Å². The highest BCUT2D eigenvalue weighted by molar-refractivity contribution is 5.82. The van der Waals surface area contributed by atoms with Gasteiger partial charge in [-0.2, -0.15) is 0 Å². The summed E-state index contributed by atoms with van der Waals surface area (Å²) in [5.41, 5.74) is 0.558. The molecule has 0 spiro atoms. The van der Waals surface area contributed by atoms with Crippen LogP contribution in [0.3, 0.4) is 0 Å². The van der Waals surface area contributed by atoms with E-state index in [4.69, 9.17) is 0 Å². The molecule has 1 aromatic carbocycles. The van der Waals surface area contributed by atoms with Gasteiger partial charge in [-0.3, -0.25) is 4.99 Å². The fraction of sp³-hybridized carbons (Fsp3) is 0.417. The number of rotatable bonds is 1. The molecule has 1 saturated heterocycles. The lowest BCUT2D eigenvalue weighted by molar-refractivity contribution is 0.306. The van der Waals surface area contributed by atoms with Crippen LogP contribution in [0.15, 0.2) is 23.2 Å². The van der Waals surface area contributed by atoms with Gasteiger partial charge in [0.05, 0.1) is 6.04 Å². The number of benzene rings is 1. The van der Waals surface area contributed by atoms with Gasteiger partial charge in [-0.05, 0) is 12.5 Å². The van der Waals surface area contributed by atoms with E-state index in [1.807, 2.05) is 0 Å². The number of aliphatic imine (C=N–C) groups is 1. The largest absolute Gasteiger partial charge is 0.354 e. The fourth-order valence-electron chi connectivity index (χ4n) is 2.49. The second kappa shape index (κ2) is 3.98. The van der Waals surface area contributed by atoms with Crippen LogP contribution in [0.2, 0.25) is 0 Å². The number of halogens is 2. The average molecular weight is 237 g/mol. The number of hydrogen-bond acceptors (Lipinski definition) is 3. The average Bonchev–Trinajstić information content (AvgIpc) is 2.77. The Morgan fingerprint density at radius 1 is 1.35 bits per heavy atom. The molecular formula is C12H13F2N3. The highest BCUT2D eigenvalue weighted by Gasteiger charge is 2.31. The molecule has 0 aromatic heterocycles. The number of nitrogens with one attached hydrogen (secondary N) is 1. The molecular weight excluding hydrogens is 224 g/mol. The molecule has 0 bridgehead atoms. The first-order valence-electron chi connectivity index (χ1n) is 5.75. The maximum atomic E-state index is 13.8. The van der Waals surface area contributed by atoms with Gasteiger partial charge < -0.3 is 10.2 Å². The summed E-state index contributed by atoms with van der Waals surface area (Å²) in [5, 5.41) is 3.17. The molecule has 3 nitrogen and oxygen atoms in total. The monoisotopic (exact) mass is 237 g/mol. The van der Waals surface area contributed by atoms with Crippen molar-refractivity contribution in [2.75, 3.05) is 19.6 Å². The van der Waals surface area contributed by atoms with E-state index in [2.05, 4.69) is 15.2 Å². The molecule has 2 aliphatic rings. The molecule has 0 aliphatic carbocycles. The summed E-state index contributed by atoms with van der Waals surface area (Å²) in [5.74, 6) is -0.163. The van der Waals surface area contributed by atoms with E-state index in [1.165, 1.54) is 12.1 Å². The van der Waals surface area contributed by atoms with Gasteiger partial charge in [0.25, 0.3) is 0 Å². The van der Waals surface area contributed by atoms with Gasteiger partial charge in [-0.1, -0.05) is 6.07 Å². The van der Waals surface area contributed by atoms with Gasteiger partial charge in [0.15, 0.2) is 5.96 Å². The van der Waals surface area contributed by atoms with Gasteiger partial charge in [0.1, 0.15) is 11.6 Å². The van der Waals surface area contributed by atoms with Gasteiger partial charge in [-0.25, -0.2) is 8.78 Å². The van der Waals surface area contributed by atoms with Crippen LogP contribution in [-0.2, 0) is 0 Å². The molecule has 90 valence electrons. The predicted molar refractivity (Wildman–Crippen MR) is 60.7 cm³/mol. The maximum Gasteiger partial charge on any atom is 0.194 e. The minimum absolute atomic E-state index is 0.0295. The molecule has 0 radical (unpaired) electrons. The zero-order valence-corrected chi connectivity index (χ0v) is 9.29. The summed E-state index contributed by atoms with van der Waals surface area (Å²) in [6.07, 6.45) is 0.772. The smallest absolute Gasteiger partial charge is 0.194 e. The van der Waals surface area contributed by atoms with Crippen molar-refractivity contribution >= 4 is 5.96 Å². The summed E-state index contributed by atoms with van der Waals surface area (Å²) in [7, 11) is 0. The molecule has 1 aromatic rings. The molecule has 0 amide bonds. The third-order valence-electron chi connectivity index (χ3n) is 3.27. The van der Waals surface area contributed by atoms with Gasteiger partial charge in [0.2, 0.25) is 0 Å². The third-order valence-corrected chi connectivity index (χ3v) is 3.27. The van der Waals surface area contributed by atoms with Crippen molar-refractivity contribution in [3.05, 3.63) is 35.4 Å². The Morgan fingerprint density at radius 2 is 2.24 bits per heavy atom. The van der Waals surface area contributed by atoms with Crippen molar-refractivity contribution in [1.82, 2.24) is 10.2 Å². The first-order chi connectivity index (χ1) is 8.25. The predicted octanol–water partition coefficient (Wildman–Crippen LogP) is 1.67. The maximum absolute atomic E-state index is 13.8. The zero-order chi connectivity index (χ0) is 11.8. The van der Waals surface area contributed by atoms with Gasteiger partial charge >= 0.3 is 0 Å². The molecule has 2 aliphatic heterocycles. The first kappa shape index (κ1) is 10.5. The lowest BCUT2D eigenvalue weighted by atomic mass is 10.0. The molecule has 0 saturated carbocycles. The molecule has 1 unspecified atom stereocenters. The Labute approximate surface area is 98.1 Å². The van der Waals surface area contributed by atoms with Crippen molar-refractivity contribution in [2.45, 2.75) is 12.5 Å². The second-order valence-corrected chi connectivity index (χ2v) is 4.30. The Kier molecular flexibility index (Phi) is 2.46. The minimum Gasteiger partial charge on any atom is -0.354 e. The lowest BCUT2D eigenvalue weighted by Crippen LogP contribution is -2.37. The molecule has 1 atom stereocenters. The third kappa shape index (κ3) is 1.75. The highest BCUT2D eigenvalue weighted by atomic mass is 19.1. The summed E-state index contributed by atoms with van der Waals surface area (Å²) in [4.78, 5) is 6.40. The van der Waals surface area contributed by atoms with Crippen molar-refractivity contribution < 1.29 is 8.78 Å². The van der Waals surface area contributed by atoms with Gasteiger partial charge in [-0.15, -0.1) is 0 Å². The lowest BCUT2D eigenvalue weighted by Gasteiger charge is -2.32.